The van der Waals surface area contributed by atoms with E-state index in [4.69, 9.17) is 4.74 Å². The monoisotopic (exact) mass is 532 g/mol. The van der Waals surface area contributed by atoms with E-state index < -0.39 is 10.0 Å². The molecule has 0 radical (unpaired) electrons. The van der Waals surface area contributed by atoms with E-state index in [2.05, 4.69) is 30.5 Å². The Morgan fingerprint density at radius 1 is 1.22 bits per heavy atom. The van der Waals surface area contributed by atoms with Gasteiger partial charge in [-0.3, -0.25) is 5.10 Å². The lowest BCUT2D eigenvalue weighted by atomic mass is 9.86. The summed E-state index contributed by atoms with van der Waals surface area (Å²) >= 11 is 1.52. The van der Waals surface area contributed by atoms with E-state index in [-0.39, 0.29) is 35.6 Å². The second-order valence-corrected chi connectivity index (χ2v) is 11.8. The summed E-state index contributed by atoms with van der Waals surface area (Å²) in [7, 11) is -3.72. The normalized spacial score (nSPS) is 18.2. The standard InChI is InChI=1S/C24H32N6O4S2/c1-4-27-36(32,33)21-13-18(28-22-11-12-26-30-22)9-10-19(21)20-14-25-23(35-20)16-5-7-17(8-6-16)29-24(31)34-15(2)3/h9-17,27H,4-8H2,1-3H3,(H,29,31)(H2,26,28,30)/t16-,17-. The zero-order valence-electron chi connectivity index (χ0n) is 20.6. The lowest BCUT2D eigenvalue weighted by Gasteiger charge is -2.28. The van der Waals surface area contributed by atoms with Crippen molar-refractivity contribution in [3.8, 4) is 10.4 Å². The number of anilines is 2. The van der Waals surface area contributed by atoms with Crippen LogP contribution in [0.3, 0.4) is 0 Å². The summed E-state index contributed by atoms with van der Waals surface area (Å²) < 4.78 is 33.9. The molecule has 194 valence electrons. The molecular weight excluding hydrogens is 500 g/mol. The van der Waals surface area contributed by atoms with Crippen LogP contribution in [0, 0.1) is 0 Å². The number of sulfonamides is 1. The Morgan fingerprint density at radius 3 is 2.67 bits per heavy atom. The number of aromatic amines is 1. The molecule has 1 aromatic carbocycles. The van der Waals surface area contributed by atoms with Crippen molar-refractivity contribution in [3.63, 3.8) is 0 Å². The van der Waals surface area contributed by atoms with Crippen molar-refractivity contribution in [1.29, 1.82) is 0 Å². The summed E-state index contributed by atoms with van der Waals surface area (Å²) in [6, 6.07) is 7.13. The Kier molecular flexibility index (Phi) is 8.27. The van der Waals surface area contributed by atoms with Crippen molar-refractivity contribution < 1.29 is 17.9 Å². The van der Waals surface area contributed by atoms with Gasteiger partial charge in [-0.2, -0.15) is 5.10 Å². The molecule has 10 nitrogen and oxygen atoms in total. The number of carbonyl (C=O) groups is 1. The van der Waals surface area contributed by atoms with Crippen LogP contribution >= 0.6 is 11.3 Å². The highest BCUT2D eigenvalue weighted by Crippen LogP contribution is 2.40. The van der Waals surface area contributed by atoms with E-state index >= 15 is 0 Å². The number of hydrogen-bond acceptors (Lipinski definition) is 8. The molecule has 0 bridgehead atoms. The summed E-state index contributed by atoms with van der Waals surface area (Å²) in [4.78, 5) is 17.6. The van der Waals surface area contributed by atoms with Crippen LogP contribution in [0.25, 0.3) is 10.4 Å². The molecule has 0 saturated heterocycles. The number of rotatable bonds is 9. The smallest absolute Gasteiger partial charge is 0.407 e. The van der Waals surface area contributed by atoms with E-state index in [1.807, 2.05) is 19.9 Å². The van der Waals surface area contributed by atoms with Crippen LogP contribution in [0.2, 0.25) is 0 Å². The molecule has 0 atom stereocenters. The van der Waals surface area contributed by atoms with Gasteiger partial charge in [0.15, 0.2) is 0 Å². The maximum Gasteiger partial charge on any atom is 0.407 e. The molecule has 1 fully saturated rings. The molecule has 2 heterocycles. The maximum atomic E-state index is 13.1. The Labute approximate surface area is 215 Å². The van der Waals surface area contributed by atoms with Crippen molar-refractivity contribution in [2.75, 3.05) is 11.9 Å². The number of H-pyrrole nitrogens is 1. The molecule has 2 aromatic heterocycles. The summed E-state index contributed by atoms with van der Waals surface area (Å²) in [5.41, 5.74) is 1.24. The first kappa shape index (κ1) is 26.1. The highest BCUT2D eigenvalue weighted by atomic mass is 32.2. The number of ether oxygens (including phenoxy) is 1. The number of aromatic nitrogens is 3. The number of hydrogen-bond donors (Lipinski definition) is 4. The van der Waals surface area contributed by atoms with Gasteiger partial charge < -0.3 is 15.4 Å². The summed E-state index contributed by atoms with van der Waals surface area (Å²) in [6.07, 6.45) is 6.35. The summed E-state index contributed by atoms with van der Waals surface area (Å²) in [5.74, 6) is 0.940. The second-order valence-electron chi connectivity index (χ2n) is 9.02. The Bertz CT molecular complexity index is 1270. The van der Waals surface area contributed by atoms with Gasteiger partial charge in [0.1, 0.15) is 5.82 Å². The van der Waals surface area contributed by atoms with Crippen LogP contribution < -0.4 is 15.4 Å². The molecular formula is C24H32N6O4S2. The topological polar surface area (TPSA) is 138 Å². The molecule has 12 heteroatoms. The van der Waals surface area contributed by atoms with Gasteiger partial charge >= 0.3 is 6.09 Å². The molecule has 1 saturated carbocycles. The van der Waals surface area contributed by atoms with Crippen molar-refractivity contribution in [2.45, 2.75) is 69.4 Å². The molecule has 1 aliphatic rings. The van der Waals surface area contributed by atoms with E-state index in [1.165, 1.54) is 11.3 Å². The first-order valence-corrected chi connectivity index (χ1v) is 14.4. The van der Waals surface area contributed by atoms with Crippen LogP contribution in [-0.2, 0) is 14.8 Å². The van der Waals surface area contributed by atoms with Crippen molar-refractivity contribution in [3.05, 3.63) is 41.7 Å². The number of nitrogens with zero attached hydrogens (tertiary/aromatic N) is 2. The molecule has 3 aromatic rings. The van der Waals surface area contributed by atoms with Crippen LogP contribution in [0.5, 0.6) is 0 Å². The van der Waals surface area contributed by atoms with Gasteiger partial charge in [-0.25, -0.2) is 22.9 Å². The number of carbonyl (C=O) groups excluding carboxylic acids is 1. The average molecular weight is 533 g/mol. The highest BCUT2D eigenvalue weighted by Gasteiger charge is 2.27. The molecule has 4 N–H and O–H groups in total. The number of nitrogens with one attached hydrogen (secondary N) is 4. The predicted octanol–water partition coefficient (Wildman–Crippen LogP) is 4.74. The SMILES string of the molecule is CCNS(=O)(=O)c1cc(Nc2ccn[nH]2)ccc1-c1cnc([C@H]2CC[C@H](NC(=O)OC(C)C)CC2)s1. The molecule has 0 spiro atoms. The first-order valence-electron chi connectivity index (χ1n) is 12.1. The molecule has 0 unspecified atom stereocenters. The average Bonchev–Trinajstić information content (AvgIpc) is 3.51. The number of thiazole rings is 1. The molecule has 0 aliphatic heterocycles. The van der Waals surface area contributed by atoms with Crippen molar-refractivity contribution >= 4 is 39.0 Å². The van der Waals surface area contributed by atoms with Gasteiger partial charge in [0, 0.05) is 42.0 Å². The third-order valence-electron chi connectivity index (χ3n) is 5.92. The Balaban J connectivity index is 1.51. The van der Waals surface area contributed by atoms with Crippen LogP contribution in [0.15, 0.2) is 41.6 Å². The Morgan fingerprint density at radius 2 is 2.00 bits per heavy atom. The molecule has 1 amide bonds. The zero-order chi connectivity index (χ0) is 25.7. The van der Waals surface area contributed by atoms with E-state index in [0.717, 1.165) is 35.6 Å². The third kappa shape index (κ3) is 6.42. The second kappa shape index (κ2) is 11.4. The van der Waals surface area contributed by atoms with Gasteiger partial charge in [0.25, 0.3) is 0 Å². The molecule has 4 rings (SSSR count). The summed E-state index contributed by atoms with van der Waals surface area (Å²) in [6.45, 7) is 5.70. The fourth-order valence-corrected chi connectivity index (χ4v) is 6.75. The minimum atomic E-state index is -3.72. The molecule has 1 aliphatic carbocycles. The van der Waals surface area contributed by atoms with E-state index in [0.29, 0.717) is 17.1 Å². The van der Waals surface area contributed by atoms with Crippen molar-refractivity contribution in [2.24, 2.45) is 0 Å². The largest absolute Gasteiger partial charge is 0.447 e. The van der Waals surface area contributed by atoms with Gasteiger partial charge in [-0.15, -0.1) is 11.3 Å². The van der Waals surface area contributed by atoms with Gasteiger partial charge in [0.05, 0.1) is 27.1 Å². The van der Waals surface area contributed by atoms with Crippen LogP contribution in [-0.4, -0.2) is 48.4 Å². The number of alkyl carbamates (subject to hydrolysis) is 1. The minimum absolute atomic E-state index is 0.0960. The zero-order valence-corrected chi connectivity index (χ0v) is 22.2. The predicted molar refractivity (Wildman–Crippen MR) is 140 cm³/mol. The van der Waals surface area contributed by atoms with E-state index in [9.17, 15) is 13.2 Å². The van der Waals surface area contributed by atoms with E-state index in [1.54, 1.807) is 37.5 Å². The lowest BCUT2D eigenvalue weighted by molar-refractivity contribution is 0.109. The lowest BCUT2D eigenvalue weighted by Crippen LogP contribution is -2.38. The van der Waals surface area contributed by atoms with Crippen LogP contribution in [0.1, 0.15) is 57.4 Å². The fraction of sp³-hybridized carbons (Fsp3) is 0.458. The van der Waals surface area contributed by atoms with Gasteiger partial charge in [-0.1, -0.05) is 13.0 Å². The number of benzene rings is 1. The van der Waals surface area contributed by atoms with Gasteiger partial charge in [-0.05, 0) is 51.7 Å². The number of amides is 1. The Hall–Kier alpha value is -2.96. The highest BCUT2D eigenvalue weighted by molar-refractivity contribution is 7.89. The summed E-state index contributed by atoms with van der Waals surface area (Å²) in [5, 5.41) is 13.8. The third-order valence-corrected chi connectivity index (χ3v) is 8.69. The maximum absolute atomic E-state index is 13.1. The van der Waals surface area contributed by atoms with Crippen LogP contribution in [0.4, 0.5) is 16.3 Å². The first-order chi connectivity index (χ1) is 17.2. The van der Waals surface area contributed by atoms with Crippen molar-refractivity contribution in [1.82, 2.24) is 25.2 Å². The van der Waals surface area contributed by atoms with Gasteiger partial charge in [0.2, 0.25) is 10.0 Å². The fourth-order valence-electron chi connectivity index (χ4n) is 4.28. The minimum Gasteiger partial charge on any atom is -0.447 e. The quantitative estimate of drug-likeness (QED) is 0.312. The molecule has 36 heavy (non-hydrogen) atoms.